The van der Waals surface area contributed by atoms with Crippen LogP contribution in [0.4, 0.5) is 0 Å². The SMILES string of the molecule is C\C=C(/C=C\C=N\C=C\c1ccc(OC(C)C)cc1)c1ccc(OC2CC2)cc1. The van der Waals surface area contributed by atoms with E-state index in [9.17, 15) is 0 Å². The number of hydrogen-bond acceptors (Lipinski definition) is 3. The predicted molar refractivity (Wildman–Crippen MR) is 123 cm³/mol. The van der Waals surface area contributed by atoms with E-state index >= 15 is 0 Å². The third-order valence-corrected chi connectivity index (χ3v) is 4.38. The van der Waals surface area contributed by atoms with E-state index < -0.39 is 0 Å². The monoisotopic (exact) mass is 387 g/mol. The van der Waals surface area contributed by atoms with Crippen molar-refractivity contribution in [3.8, 4) is 11.5 Å². The van der Waals surface area contributed by atoms with E-state index in [1.165, 1.54) is 18.4 Å². The molecule has 2 aromatic carbocycles. The quantitative estimate of drug-likeness (QED) is 0.353. The maximum Gasteiger partial charge on any atom is 0.119 e. The minimum atomic E-state index is 0.184. The molecule has 0 unspecified atom stereocenters. The first-order valence-electron chi connectivity index (χ1n) is 10.2. The molecule has 3 heteroatoms. The molecule has 0 aliphatic heterocycles. The fourth-order valence-electron chi connectivity index (χ4n) is 2.77. The van der Waals surface area contributed by atoms with E-state index in [2.05, 4.69) is 29.3 Å². The summed E-state index contributed by atoms with van der Waals surface area (Å²) >= 11 is 0. The number of ether oxygens (including phenoxy) is 2. The molecule has 0 atom stereocenters. The van der Waals surface area contributed by atoms with Crippen molar-refractivity contribution < 1.29 is 9.47 Å². The molecule has 3 rings (SSSR count). The molecule has 0 bridgehead atoms. The Kier molecular flexibility index (Phi) is 7.46. The van der Waals surface area contributed by atoms with Gasteiger partial charge in [0.2, 0.25) is 0 Å². The van der Waals surface area contributed by atoms with Crippen molar-refractivity contribution in [2.45, 2.75) is 45.8 Å². The van der Waals surface area contributed by atoms with Gasteiger partial charge in [-0.05, 0) is 86.7 Å². The Bertz CT molecular complexity index is 883. The van der Waals surface area contributed by atoms with Crippen molar-refractivity contribution in [3.05, 3.63) is 84.1 Å². The van der Waals surface area contributed by atoms with Gasteiger partial charge in [-0.1, -0.05) is 36.4 Å². The van der Waals surface area contributed by atoms with Gasteiger partial charge in [0.25, 0.3) is 0 Å². The topological polar surface area (TPSA) is 30.8 Å². The zero-order valence-electron chi connectivity index (χ0n) is 17.4. The second-order valence-electron chi connectivity index (χ2n) is 7.29. The van der Waals surface area contributed by atoms with Crippen molar-refractivity contribution in [2.24, 2.45) is 4.99 Å². The molecule has 0 heterocycles. The molecule has 0 radical (unpaired) electrons. The highest BCUT2D eigenvalue weighted by Crippen LogP contribution is 2.27. The van der Waals surface area contributed by atoms with Crippen molar-refractivity contribution in [3.63, 3.8) is 0 Å². The van der Waals surface area contributed by atoms with Gasteiger partial charge in [-0.15, -0.1) is 0 Å². The summed E-state index contributed by atoms with van der Waals surface area (Å²) in [5.74, 6) is 1.83. The highest BCUT2D eigenvalue weighted by molar-refractivity contribution is 5.81. The summed E-state index contributed by atoms with van der Waals surface area (Å²) in [5.41, 5.74) is 3.41. The first kappa shape index (κ1) is 20.7. The Morgan fingerprint density at radius 2 is 1.69 bits per heavy atom. The third-order valence-electron chi connectivity index (χ3n) is 4.38. The van der Waals surface area contributed by atoms with Gasteiger partial charge in [-0.25, -0.2) is 0 Å². The standard InChI is InChI=1S/C26H29NO2/c1-4-22(23-9-13-25(14-10-23)29-26-15-16-26)6-5-18-27-19-17-21-7-11-24(12-8-21)28-20(2)3/h4-14,17-20,26H,15-16H2,1-3H3/b6-5-,19-17+,22-4+,27-18+. The van der Waals surface area contributed by atoms with Crippen LogP contribution in [0.25, 0.3) is 11.6 Å². The Hall–Kier alpha value is -3.07. The summed E-state index contributed by atoms with van der Waals surface area (Å²) in [4.78, 5) is 4.32. The Balaban J connectivity index is 1.50. The minimum Gasteiger partial charge on any atom is -0.491 e. The van der Waals surface area contributed by atoms with Crippen LogP contribution in [0.15, 0.2) is 78.0 Å². The number of hydrogen-bond donors (Lipinski definition) is 0. The number of benzene rings is 2. The minimum absolute atomic E-state index is 0.184. The van der Waals surface area contributed by atoms with Gasteiger partial charge in [0.05, 0.1) is 12.2 Å². The van der Waals surface area contributed by atoms with Crippen LogP contribution in [0.5, 0.6) is 11.5 Å². The lowest BCUT2D eigenvalue weighted by atomic mass is 10.1. The Morgan fingerprint density at radius 1 is 1.00 bits per heavy atom. The van der Waals surface area contributed by atoms with Crippen LogP contribution in [-0.4, -0.2) is 18.4 Å². The number of nitrogens with zero attached hydrogens (tertiary/aromatic N) is 1. The summed E-state index contributed by atoms with van der Waals surface area (Å²) in [6, 6.07) is 16.3. The second-order valence-corrected chi connectivity index (χ2v) is 7.29. The molecule has 1 saturated carbocycles. The van der Waals surface area contributed by atoms with Gasteiger partial charge < -0.3 is 9.47 Å². The van der Waals surface area contributed by atoms with E-state index in [0.717, 1.165) is 22.6 Å². The van der Waals surface area contributed by atoms with Crippen LogP contribution in [0.3, 0.4) is 0 Å². The summed E-state index contributed by atoms with van der Waals surface area (Å²) in [7, 11) is 0. The van der Waals surface area contributed by atoms with E-state index in [0.29, 0.717) is 6.10 Å². The molecule has 0 saturated heterocycles. The Labute approximate surface area is 174 Å². The van der Waals surface area contributed by atoms with Crippen molar-refractivity contribution in [2.75, 3.05) is 0 Å². The van der Waals surface area contributed by atoms with E-state index in [4.69, 9.17) is 9.47 Å². The lowest BCUT2D eigenvalue weighted by Crippen LogP contribution is -2.05. The van der Waals surface area contributed by atoms with Gasteiger partial charge in [0.1, 0.15) is 11.5 Å². The zero-order chi connectivity index (χ0) is 20.5. The van der Waals surface area contributed by atoms with Gasteiger partial charge in [-0.2, -0.15) is 0 Å². The summed E-state index contributed by atoms with van der Waals surface area (Å²) in [6.07, 6.45) is 14.6. The maximum absolute atomic E-state index is 5.81. The summed E-state index contributed by atoms with van der Waals surface area (Å²) < 4.78 is 11.5. The number of rotatable bonds is 9. The smallest absolute Gasteiger partial charge is 0.119 e. The lowest BCUT2D eigenvalue weighted by Gasteiger charge is -2.09. The van der Waals surface area contributed by atoms with Crippen molar-refractivity contribution >= 4 is 17.9 Å². The third kappa shape index (κ3) is 7.11. The highest BCUT2D eigenvalue weighted by atomic mass is 16.5. The first-order chi connectivity index (χ1) is 14.1. The normalized spacial score (nSPS) is 15.1. The first-order valence-corrected chi connectivity index (χ1v) is 10.2. The van der Waals surface area contributed by atoms with Crippen LogP contribution < -0.4 is 9.47 Å². The molecular formula is C26H29NO2. The second kappa shape index (κ2) is 10.5. The van der Waals surface area contributed by atoms with Crippen molar-refractivity contribution in [1.29, 1.82) is 0 Å². The summed E-state index contributed by atoms with van der Waals surface area (Å²) in [5, 5.41) is 0. The molecule has 29 heavy (non-hydrogen) atoms. The molecule has 1 aliphatic rings. The molecule has 1 fully saturated rings. The van der Waals surface area contributed by atoms with Crippen LogP contribution in [0, 0.1) is 0 Å². The average molecular weight is 388 g/mol. The summed E-state index contributed by atoms with van der Waals surface area (Å²) in [6.45, 7) is 6.08. The molecule has 1 aliphatic carbocycles. The van der Waals surface area contributed by atoms with Crippen LogP contribution in [0.2, 0.25) is 0 Å². The van der Waals surface area contributed by atoms with Crippen molar-refractivity contribution in [1.82, 2.24) is 0 Å². The van der Waals surface area contributed by atoms with Gasteiger partial charge in [0.15, 0.2) is 0 Å². The molecule has 0 spiro atoms. The molecule has 0 amide bonds. The number of allylic oxidation sites excluding steroid dienone is 4. The largest absolute Gasteiger partial charge is 0.491 e. The fourth-order valence-corrected chi connectivity index (χ4v) is 2.77. The maximum atomic E-state index is 5.81. The van der Waals surface area contributed by atoms with Gasteiger partial charge in [0, 0.05) is 12.4 Å². The van der Waals surface area contributed by atoms with E-state index in [1.807, 2.05) is 69.3 Å². The lowest BCUT2D eigenvalue weighted by molar-refractivity contribution is 0.242. The van der Waals surface area contributed by atoms with E-state index in [-0.39, 0.29) is 6.10 Å². The van der Waals surface area contributed by atoms with Crippen LogP contribution in [0.1, 0.15) is 44.7 Å². The van der Waals surface area contributed by atoms with Crippen LogP contribution in [-0.2, 0) is 0 Å². The predicted octanol–water partition coefficient (Wildman–Crippen LogP) is 6.72. The highest BCUT2D eigenvalue weighted by Gasteiger charge is 2.23. The molecule has 0 N–H and O–H groups in total. The Morgan fingerprint density at radius 3 is 2.31 bits per heavy atom. The molecule has 0 aromatic heterocycles. The molecule has 3 nitrogen and oxygen atoms in total. The fraction of sp³-hybridized carbons (Fsp3) is 0.269. The number of aliphatic imine (C=N–C) groups is 1. The van der Waals surface area contributed by atoms with E-state index in [1.54, 1.807) is 12.4 Å². The van der Waals surface area contributed by atoms with Crippen LogP contribution >= 0.6 is 0 Å². The molecular weight excluding hydrogens is 358 g/mol. The molecule has 2 aromatic rings. The van der Waals surface area contributed by atoms with Gasteiger partial charge >= 0.3 is 0 Å². The average Bonchev–Trinajstić information content (AvgIpc) is 3.53. The molecule has 150 valence electrons. The zero-order valence-corrected chi connectivity index (χ0v) is 17.4. The van der Waals surface area contributed by atoms with Gasteiger partial charge in [-0.3, -0.25) is 4.99 Å².